The number of nitrogens with one attached hydrogen (secondary N) is 2. The van der Waals surface area contributed by atoms with Crippen LogP contribution in [0.5, 0.6) is 0 Å². The number of hydrazine groups is 1. The van der Waals surface area contributed by atoms with Crippen molar-refractivity contribution in [3.05, 3.63) is 29.8 Å². The van der Waals surface area contributed by atoms with Gasteiger partial charge in [0.1, 0.15) is 0 Å². The molecule has 1 aliphatic rings. The molecule has 25 heavy (non-hydrogen) atoms. The zero-order valence-electron chi connectivity index (χ0n) is 14.6. The SMILES string of the molecule is CC(C)CCC(=O)NNC(=O)c1ccc(S(=O)(=O)N2CCCC2)cc1. The quantitative estimate of drug-likeness (QED) is 0.748. The molecular formula is C17H25N3O4S. The Balaban J connectivity index is 1.93. The molecule has 8 heteroatoms. The second-order valence-electron chi connectivity index (χ2n) is 6.57. The third-order valence-electron chi connectivity index (χ3n) is 4.08. The molecule has 2 N–H and O–H groups in total. The summed E-state index contributed by atoms with van der Waals surface area (Å²) in [5.74, 6) is -0.329. The summed E-state index contributed by atoms with van der Waals surface area (Å²) in [6.45, 7) is 5.10. The van der Waals surface area contributed by atoms with Gasteiger partial charge in [0.2, 0.25) is 15.9 Å². The summed E-state index contributed by atoms with van der Waals surface area (Å²) < 4.78 is 26.3. The monoisotopic (exact) mass is 367 g/mol. The first-order valence-corrected chi connectivity index (χ1v) is 9.94. The van der Waals surface area contributed by atoms with Crippen LogP contribution < -0.4 is 10.9 Å². The molecule has 0 saturated carbocycles. The van der Waals surface area contributed by atoms with E-state index in [9.17, 15) is 18.0 Å². The number of sulfonamides is 1. The van der Waals surface area contributed by atoms with Crippen molar-refractivity contribution < 1.29 is 18.0 Å². The third kappa shape index (κ3) is 5.27. The fourth-order valence-corrected chi connectivity index (χ4v) is 4.05. The summed E-state index contributed by atoms with van der Waals surface area (Å²) in [5, 5.41) is 0. The van der Waals surface area contributed by atoms with Gasteiger partial charge >= 0.3 is 0 Å². The lowest BCUT2D eigenvalue weighted by Crippen LogP contribution is -2.41. The molecule has 0 bridgehead atoms. The lowest BCUT2D eigenvalue weighted by Gasteiger charge is -2.15. The molecule has 1 aliphatic heterocycles. The number of carbonyl (C=O) groups excluding carboxylic acids is 2. The van der Waals surface area contributed by atoms with Gasteiger partial charge in [-0.3, -0.25) is 20.4 Å². The highest BCUT2D eigenvalue weighted by Gasteiger charge is 2.27. The van der Waals surface area contributed by atoms with E-state index in [4.69, 9.17) is 0 Å². The Morgan fingerprint density at radius 2 is 1.68 bits per heavy atom. The first kappa shape index (κ1) is 19.4. The number of carbonyl (C=O) groups is 2. The van der Waals surface area contributed by atoms with Gasteiger partial charge in [0.05, 0.1) is 4.90 Å². The highest BCUT2D eigenvalue weighted by Crippen LogP contribution is 2.21. The molecular weight excluding hydrogens is 342 g/mol. The number of benzene rings is 1. The summed E-state index contributed by atoms with van der Waals surface area (Å²) in [5.41, 5.74) is 4.98. The number of hydrogen-bond donors (Lipinski definition) is 2. The van der Waals surface area contributed by atoms with Crippen LogP contribution in [0.4, 0.5) is 0 Å². The van der Waals surface area contributed by atoms with Crippen molar-refractivity contribution in [1.29, 1.82) is 0 Å². The van der Waals surface area contributed by atoms with Crippen molar-refractivity contribution in [3.8, 4) is 0 Å². The Kier molecular flexibility index (Phi) is 6.55. The van der Waals surface area contributed by atoms with E-state index in [0.29, 0.717) is 25.4 Å². The van der Waals surface area contributed by atoms with Crippen LogP contribution in [0, 0.1) is 5.92 Å². The molecule has 0 radical (unpaired) electrons. The molecule has 138 valence electrons. The molecule has 7 nitrogen and oxygen atoms in total. The minimum Gasteiger partial charge on any atom is -0.273 e. The lowest BCUT2D eigenvalue weighted by atomic mass is 10.1. The molecule has 1 aromatic carbocycles. The second kappa shape index (κ2) is 8.44. The fourth-order valence-electron chi connectivity index (χ4n) is 2.54. The van der Waals surface area contributed by atoms with Crippen LogP contribution in [-0.2, 0) is 14.8 Å². The summed E-state index contributed by atoms with van der Waals surface area (Å²) in [4.78, 5) is 23.8. The molecule has 0 unspecified atom stereocenters. The largest absolute Gasteiger partial charge is 0.273 e. The van der Waals surface area contributed by atoms with Crippen LogP contribution in [0.1, 0.15) is 49.9 Å². The molecule has 0 spiro atoms. The van der Waals surface area contributed by atoms with Crippen LogP contribution in [0.2, 0.25) is 0 Å². The molecule has 0 atom stereocenters. The minimum atomic E-state index is -3.49. The van der Waals surface area contributed by atoms with E-state index >= 15 is 0 Å². The summed E-state index contributed by atoms with van der Waals surface area (Å²) in [7, 11) is -3.49. The van der Waals surface area contributed by atoms with Gasteiger partial charge in [0, 0.05) is 25.1 Å². The predicted molar refractivity (Wildman–Crippen MR) is 94.1 cm³/mol. The fraction of sp³-hybridized carbons (Fsp3) is 0.529. The van der Waals surface area contributed by atoms with Crippen LogP contribution in [-0.4, -0.2) is 37.6 Å². The van der Waals surface area contributed by atoms with Crippen molar-refractivity contribution in [1.82, 2.24) is 15.2 Å². The maximum absolute atomic E-state index is 12.4. The van der Waals surface area contributed by atoms with E-state index in [1.807, 2.05) is 13.8 Å². The van der Waals surface area contributed by atoms with Gasteiger partial charge < -0.3 is 0 Å². The number of nitrogens with zero attached hydrogens (tertiary/aromatic N) is 1. The molecule has 2 rings (SSSR count). The van der Waals surface area contributed by atoms with E-state index in [1.165, 1.54) is 28.6 Å². The van der Waals surface area contributed by atoms with E-state index < -0.39 is 15.9 Å². The zero-order valence-corrected chi connectivity index (χ0v) is 15.4. The highest BCUT2D eigenvalue weighted by atomic mass is 32.2. The summed E-state index contributed by atoms with van der Waals surface area (Å²) in [6, 6.07) is 5.73. The van der Waals surface area contributed by atoms with Gasteiger partial charge in [-0.15, -0.1) is 0 Å². The molecule has 1 fully saturated rings. The minimum absolute atomic E-state index is 0.173. The van der Waals surface area contributed by atoms with Gasteiger partial charge in [0.25, 0.3) is 5.91 Å². The standard InChI is InChI=1S/C17H25N3O4S/c1-13(2)5-10-16(21)18-19-17(22)14-6-8-15(9-7-14)25(23,24)20-11-3-4-12-20/h6-9,13H,3-5,10-12H2,1-2H3,(H,18,21)(H,19,22). The Morgan fingerprint density at radius 1 is 1.08 bits per heavy atom. The van der Waals surface area contributed by atoms with Gasteiger partial charge in [-0.25, -0.2) is 8.42 Å². The first-order chi connectivity index (χ1) is 11.8. The first-order valence-electron chi connectivity index (χ1n) is 8.50. The molecule has 0 aliphatic carbocycles. The smallest absolute Gasteiger partial charge is 0.269 e. The van der Waals surface area contributed by atoms with Crippen molar-refractivity contribution in [2.45, 2.75) is 44.4 Å². The van der Waals surface area contributed by atoms with Crippen molar-refractivity contribution >= 4 is 21.8 Å². The predicted octanol–water partition coefficient (Wildman–Crippen LogP) is 1.67. The maximum atomic E-state index is 12.4. The lowest BCUT2D eigenvalue weighted by molar-refractivity contribution is -0.122. The molecule has 2 amide bonds. The zero-order chi connectivity index (χ0) is 18.4. The van der Waals surface area contributed by atoms with E-state index in [1.54, 1.807) is 0 Å². The van der Waals surface area contributed by atoms with E-state index in [2.05, 4.69) is 10.9 Å². The van der Waals surface area contributed by atoms with Crippen LogP contribution in [0.25, 0.3) is 0 Å². The molecule has 1 aromatic rings. The highest BCUT2D eigenvalue weighted by molar-refractivity contribution is 7.89. The van der Waals surface area contributed by atoms with Gasteiger partial charge in [-0.1, -0.05) is 13.8 Å². The second-order valence-corrected chi connectivity index (χ2v) is 8.51. The van der Waals surface area contributed by atoms with Crippen molar-refractivity contribution in [2.24, 2.45) is 5.92 Å². The normalized spacial score (nSPS) is 15.3. The molecule has 0 aromatic heterocycles. The topological polar surface area (TPSA) is 95.6 Å². The van der Waals surface area contributed by atoms with Gasteiger partial charge in [0.15, 0.2) is 0 Å². The average Bonchev–Trinajstić information content (AvgIpc) is 3.13. The Bertz CT molecular complexity index is 708. The summed E-state index contributed by atoms with van der Waals surface area (Å²) >= 11 is 0. The van der Waals surface area contributed by atoms with Crippen LogP contribution in [0.3, 0.4) is 0 Å². The van der Waals surface area contributed by atoms with Crippen molar-refractivity contribution in [3.63, 3.8) is 0 Å². The molecule has 1 saturated heterocycles. The van der Waals surface area contributed by atoms with E-state index in [0.717, 1.165) is 19.3 Å². The average molecular weight is 367 g/mol. The van der Waals surface area contributed by atoms with Gasteiger partial charge in [-0.2, -0.15) is 4.31 Å². The maximum Gasteiger partial charge on any atom is 0.269 e. The Morgan fingerprint density at radius 3 is 2.24 bits per heavy atom. The number of rotatable bonds is 6. The third-order valence-corrected chi connectivity index (χ3v) is 6.00. The van der Waals surface area contributed by atoms with Crippen molar-refractivity contribution in [2.75, 3.05) is 13.1 Å². The Hall–Kier alpha value is -1.93. The van der Waals surface area contributed by atoms with Crippen LogP contribution in [0.15, 0.2) is 29.2 Å². The number of amides is 2. The van der Waals surface area contributed by atoms with Gasteiger partial charge in [-0.05, 0) is 49.4 Å². The summed E-state index contributed by atoms with van der Waals surface area (Å²) in [6.07, 6.45) is 2.82. The number of hydrogen-bond acceptors (Lipinski definition) is 4. The van der Waals surface area contributed by atoms with Crippen LogP contribution >= 0.6 is 0 Å². The Labute approximate surface area is 148 Å². The molecule has 1 heterocycles. The van der Waals surface area contributed by atoms with E-state index in [-0.39, 0.29) is 16.4 Å².